The van der Waals surface area contributed by atoms with Crippen LogP contribution in [0.4, 0.5) is 5.69 Å². The zero-order chi connectivity index (χ0) is 22.8. The van der Waals surface area contributed by atoms with Gasteiger partial charge in [-0.3, -0.25) is 9.36 Å². The van der Waals surface area contributed by atoms with Gasteiger partial charge in [0.25, 0.3) is 0 Å². The molecule has 3 aromatic carbocycles. The topological polar surface area (TPSA) is 75.6 Å². The van der Waals surface area contributed by atoms with Gasteiger partial charge in [0.1, 0.15) is 0 Å². The van der Waals surface area contributed by atoms with Crippen molar-refractivity contribution in [1.29, 1.82) is 0 Å². The number of halogens is 1. The zero-order valence-electron chi connectivity index (χ0n) is 17.7. The predicted molar refractivity (Wildman–Crippen MR) is 134 cm³/mol. The van der Waals surface area contributed by atoms with Gasteiger partial charge in [-0.05, 0) is 48.9 Å². The van der Waals surface area contributed by atoms with Gasteiger partial charge in [0, 0.05) is 39.1 Å². The number of para-hydroxylation sites is 2. The number of thioether (sulfide) groups is 1. The first-order valence-corrected chi connectivity index (χ1v) is 11.7. The fourth-order valence-electron chi connectivity index (χ4n) is 3.65. The summed E-state index contributed by atoms with van der Waals surface area (Å²) < 4.78 is 1.96. The van der Waals surface area contributed by atoms with Crippen molar-refractivity contribution < 1.29 is 4.79 Å². The number of amides is 1. The van der Waals surface area contributed by atoms with Gasteiger partial charge in [-0.2, -0.15) is 0 Å². The summed E-state index contributed by atoms with van der Waals surface area (Å²) in [6.45, 7) is 1.97. The highest BCUT2D eigenvalue weighted by Gasteiger charge is 2.20. The summed E-state index contributed by atoms with van der Waals surface area (Å²) in [6.07, 6.45) is 1.93. The molecule has 5 rings (SSSR count). The minimum absolute atomic E-state index is 0.103. The quantitative estimate of drug-likeness (QED) is 0.292. The van der Waals surface area contributed by atoms with E-state index in [1.165, 1.54) is 11.8 Å². The van der Waals surface area contributed by atoms with Crippen molar-refractivity contribution in [3.63, 3.8) is 0 Å². The highest BCUT2D eigenvalue weighted by Crippen LogP contribution is 2.32. The second kappa shape index (κ2) is 9.13. The predicted octanol–water partition coefficient (Wildman–Crippen LogP) is 6.11. The summed E-state index contributed by atoms with van der Waals surface area (Å²) in [7, 11) is 0. The van der Waals surface area contributed by atoms with Crippen molar-refractivity contribution in [3.8, 4) is 17.1 Å². The Morgan fingerprint density at radius 1 is 1.03 bits per heavy atom. The molecule has 2 heterocycles. The number of aromatic nitrogens is 4. The minimum Gasteiger partial charge on any atom is -0.360 e. The Labute approximate surface area is 200 Å². The van der Waals surface area contributed by atoms with Gasteiger partial charge < -0.3 is 10.3 Å². The lowest BCUT2D eigenvalue weighted by Gasteiger charge is -2.11. The number of rotatable bonds is 6. The SMILES string of the molecule is Cc1ccccc1NC(=O)CSc1nnc(-c2c[nH]c3ccccc23)n1-c1ccc(Cl)cc1. The van der Waals surface area contributed by atoms with Gasteiger partial charge in [0.2, 0.25) is 5.91 Å². The second-order valence-corrected chi connectivity index (χ2v) is 8.90. The summed E-state index contributed by atoms with van der Waals surface area (Å²) in [6, 6.07) is 23.2. The summed E-state index contributed by atoms with van der Waals surface area (Å²) in [5, 5.41) is 14.2. The number of aromatic amines is 1. The number of carbonyl (C=O) groups excluding carboxylic acids is 1. The molecule has 0 aliphatic heterocycles. The molecule has 0 bridgehead atoms. The van der Waals surface area contributed by atoms with Crippen molar-refractivity contribution in [3.05, 3.63) is 89.6 Å². The molecule has 2 N–H and O–H groups in total. The first-order valence-electron chi connectivity index (χ1n) is 10.4. The van der Waals surface area contributed by atoms with Gasteiger partial charge in [-0.1, -0.05) is 59.8 Å². The van der Waals surface area contributed by atoms with E-state index in [-0.39, 0.29) is 11.7 Å². The summed E-state index contributed by atoms with van der Waals surface area (Å²) in [5.74, 6) is 0.790. The lowest BCUT2D eigenvalue weighted by molar-refractivity contribution is -0.113. The third-order valence-corrected chi connectivity index (χ3v) is 6.48. The maximum absolute atomic E-state index is 12.6. The van der Waals surface area contributed by atoms with Crippen molar-refractivity contribution in [2.45, 2.75) is 12.1 Å². The highest BCUT2D eigenvalue weighted by molar-refractivity contribution is 7.99. The molecule has 164 valence electrons. The molecule has 0 atom stereocenters. The number of nitrogens with zero attached hydrogens (tertiary/aromatic N) is 3. The molecule has 8 heteroatoms. The molecule has 0 saturated heterocycles. The van der Waals surface area contributed by atoms with Crippen LogP contribution in [-0.2, 0) is 4.79 Å². The van der Waals surface area contributed by atoms with Crippen LogP contribution in [0.1, 0.15) is 5.56 Å². The number of benzene rings is 3. The van der Waals surface area contributed by atoms with Gasteiger partial charge in [0.15, 0.2) is 11.0 Å². The van der Waals surface area contributed by atoms with Crippen LogP contribution in [0.15, 0.2) is 84.1 Å². The molecule has 0 aliphatic carbocycles. The molecule has 2 aromatic heterocycles. The molecule has 0 aliphatic rings. The Bertz CT molecular complexity index is 1440. The smallest absolute Gasteiger partial charge is 0.234 e. The van der Waals surface area contributed by atoms with E-state index in [2.05, 4.69) is 20.5 Å². The van der Waals surface area contributed by atoms with Crippen LogP contribution in [0.5, 0.6) is 0 Å². The summed E-state index contributed by atoms with van der Waals surface area (Å²) >= 11 is 7.46. The van der Waals surface area contributed by atoms with E-state index in [0.717, 1.165) is 33.4 Å². The Morgan fingerprint density at radius 2 is 1.79 bits per heavy atom. The van der Waals surface area contributed by atoms with Crippen molar-refractivity contribution in [1.82, 2.24) is 19.7 Å². The van der Waals surface area contributed by atoms with Crippen molar-refractivity contribution in [2.24, 2.45) is 0 Å². The normalized spacial score (nSPS) is 11.1. The molecule has 5 aromatic rings. The van der Waals surface area contributed by atoms with Crippen LogP contribution in [0.25, 0.3) is 28.0 Å². The van der Waals surface area contributed by atoms with E-state index in [1.54, 1.807) is 0 Å². The second-order valence-electron chi connectivity index (χ2n) is 7.52. The molecular formula is C25H20ClN5OS. The zero-order valence-corrected chi connectivity index (χ0v) is 19.3. The molecule has 0 unspecified atom stereocenters. The lowest BCUT2D eigenvalue weighted by atomic mass is 10.1. The van der Waals surface area contributed by atoms with E-state index in [4.69, 9.17) is 11.6 Å². The Balaban J connectivity index is 1.48. The van der Waals surface area contributed by atoms with Crippen LogP contribution in [-0.4, -0.2) is 31.4 Å². The van der Waals surface area contributed by atoms with Gasteiger partial charge in [-0.25, -0.2) is 0 Å². The van der Waals surface area contributed by atoms with Gasteiger partial charge in [-0.15, -0.1) is 10.2 Å². The standard InChI is InChI=1S/C25H20ClN5OS/c1-16-6-2-4-8-21(16)28-23(32)15-33-25-30-29-24(31(25)18-12-10-17(26)11-13-18)20-14-27-22-9-5-3-7-19(20)22/h2-14,27H,15H2,1H3,(H,28,32). The van der Waals surface area contributed by atoms with E-state index in [0.29, 0.717) is 16.0 Å². The number of hydrogen-bond donors (Lipinski definition) is 2. The van der Waals surface area contributed by atoms with Crippen LogP contribution >= 0.6 is 23.4 Å². The summed E-state index contributed by atoms with van der Waals surface area (Å²) in [4.78, 5) is 15.9. The molecule has 0 spiro atoms. The third-order valence-electron chi connectivity index (χ3n) is 5.30. The molecule has 33 heavy (non-hydrogen) atoms. The van der Waals surface area contributed by atoms with E-state index >= 15 is 0 Å². The van der Waals surface area contributed by atoms with Crippen LogP contribution in [0.3, 0.4) is 0 Å². The average molecular weight is 474 g/mol. The first-order chi connectivity index (χ1) is 16.1. The number of carbonyl (C=O) groups is 1. The van der Waals surface area contributed by atoms with E-state index in [1.807, 2.05) is 90.5 Å². The van der Waals surface area contributed by atoms with E-state index in [9.17, 15) is 4.79 Å². The number of anilines is 1. The molecule has 0 radical (unpaired) electrons. The largest absolute Gasteiger partial charge is 0.360 e. The van der Waals surface area contributed by atoms with Crippen LogP contribution < -0.4 is 5.32 Å². The molecule has 0 saturated carbocycles. The molecule has 1 amide bonds. The Morgan fingerprint density at radius 3 is 2.61 bits per heavy atom. The van der Waals surface area contributed by atoms with Crippen LogP contribution in [0.2, 0.25) is 5.02 Å². The minimum atomic E-state index is -0.103. The number of nitrogens with one attached hydrogen (secondary N) is 2. The molecule has 0 fully saturated rings. The fourth-order valence-corrected chi connectivity index (χ4v) is 4.52. The fraction of sp³-hybridized carbons (Fsp3) is 0.0800. The maximum Gasteiger partial charge on any atom is 0.234 e. The highest BCUT2D eigenvalue weighted by atomic mass is 35.5. The lowest BCUT2D eigenvalue weighted by Crippen LogP contribution is -2.15. The van der Waals surface area contributed by atoms with Crippen molar-refractivity contribution in [2.75, 3.05) is 11.1 Å². The summed E-state index contributed by atoms with van der Waals surface area (Å²) in [5.41, 5.74) is 4.64. The van der Waals surface area contributed by atoms with Gasteiger partial charge in [0.05, 0.1) is 5.75 Å². The van der Waals surface area contributed by atoms with Crippen LogP contribution in [0, 0.1) is 6.92 Å². The van der Waals surface area contributed by atoms with Crippen molar-refractivity contribution >= 4 is 45.9 Å². The molecular weight excluding hydrogens is 454 g/mol. The first kappa shape index (κ1) is 21.3. The van der Waals surface area contributed by atoms with E-state index < -0.39 is 0 Å². The third kappa shape index (κ3) is 4.37. The number of aryl methyl sites for hydroxylation is 1. The maximum atomic E-state index is 12.6. The number of H-pyrrole nitrogens is 1. The molecule has 6 nitrogen and oxygen atoms in total. The Kier molecular flexibility index (Phi) is 5.90. The number of fused-ring (bicyclic) bond motifs is 1. The Hall–Kier alpha value is -3.55. The van der Waals surface area contributed by atoms with Gasteiger partial charge >= 0.3 is 0 Å². The average Bonchev–Trinajstić information content (AvgIpc) is 3.44. The monoisotopic (exact) mass is 473 g/mol. The number of hydrogen-bond acceptors (Lipinski definition) is 4.